The van der Waals surface area contributed by atoms with Crippen LogP contribution in [0.4, 0.5) is 0 Å². The maximum absolute atomic E-state index is 11.4. The number of ether oxygens (including phenoxy) is 1. The monoisotopic (exact) mass is 242 g/mol. The number of hydrogen-bond acceptors (Lipinski definition) is 5. The SMILES string of the molecule is O=C(O)c1nc(CN2CCOCC2=O)cs1. The van der Waals surface area contributed by atoms with Crippen LogP contribution in [0.5, 0.6) is 0 Å². The van der Waals surface area contributed by atoms with Crippen molar-refractivity contribution in [2.75, 3.05) is 19.8 Å². The van der Waals surface area contributed by atoms with Crippen molar-refractivity contribution in [1.29, 1.82) is 0 Å². The lowest BCUT2D eigenvalue weighted by molar-refractivity contribution is -0.143. The molecule has 0 unspecified atom stereocenters. The van der Waals surface area contributed by atoms with Crippen LogP contribution in [0.1, 0.15) is 15.5 Å². The minimum absolute atomic E-state index is 0.0516. The summed E-state index contributed by atoms with van der Waals surface area (Å²) < 4.78 is 4.99. The van der Waals surface area contributed by atoms with Gasteiger partial charge in [-0.05, 0) is 0 Å². The van der Waals surface area contributed by atoms with E-state index >= 15 is 0 Å². The Hall–Kier alpha value is -1.47. The van der Waals surface area contributed by atoms with Crippen LogP contribution in [-0.2, 0) is 16.1 Å². The number of carboxylic acid groups (broad SMARTS) is 1. The highest BCUT2D eigenvalue weighted by atomic mass is 32.1. The molecular weight excluding hydrogens is 232 g/mol. The summed E-state index contributed by atoms with van der Waals surface area (Å²) in [5.74, 6) is -1.12. The molecule has 0 saturated carbocycles. The van der Waals surface area contributed by atoms with Gasteiger partial charge in [0.2, 0.25) is 10.9 Å². The van der Waals surface area contributed by atoms with E-state index in [0.29, 0.717) is 25.4 Å². The quantitative estimate of drug-likeness (QED) is 0.819. The number of rotatable bonds is 3. The van der Waals surface area contributed by atoms with Gasteiger partial charge >= 0.3 is 5.97 Å². The van der Waals surface area contributed by atoms with Crippen LogP contribution in [-0.4, -0.2) is 46.6 Å². The number of carbonyl (C=O) groups excluding carboxylic acids is 1. The Balaban J connectivity index is 2.02. The normalized spacial score (nSPS) is 16.5. The molecule has 1 aliphatic rings. The fourth-order valence-corrected chi connectivity index (χ4v) is 2.04. The lowest BCUT2D eigenvalue weighted by Gasteiger charge is -2.25. The Morgan fingerprint density at radius 1 is 1.69 bits per heavy atom. The molecule has 0 atom stereocenters. The molecule has 1 aromatic rings. The van der Waals surface area contributed by atoms with Crippen LogP contribution in [0.2, 0.25) is 0 Å². The van der Waals surface area contributed by atoms with Crippen molar-refractivity contribution in [3.05, 3.63) is 16.1 Å². The Kier molecular flexibility index (Phi) is 3.16. The second kappa shape index (κ2) is 4.58. The van der Waals surface area contributed by atoms with E-state index in [9.17, 15) is 9.59 Å². The number of hydrogen-bond donors (Lipinski definition) is 1. The molecule has 1 aromatic heterocycles. The van der Waals surface area contributed by atoms with E-state index in [1.54, 1.807) is 10.3 Å². The summed E-state index contributed by atoms with van der Waals surface area (Å²) >= 11 is 1.07. The van der Waals surface area contributed by atoms with Crippen molar-refractivity contribution < 1.29 is 19.4 Å². The number of carboxylic acids is 1. The number of morpholine rings is 1. The first kappa shape index (κ1) is 11.0. The van der Waals surface area contributed by atoms with Gasteiger partial charge in [-0.25, -0.2) is 9.78 Å². The molecule has 1 amide bonds. The van der Waals surface area contributed by atoms with Gasteiger partial charge in [0.1, 0.15) is 6.61 Å². The highest BCUT2D eigenvalue weighted by molar-refractivity contribution is 7.11. The molecule has 1 N–H and O–H groups in total. The summed E-state index contributed by atoms with van der Waals surface area (Å²) in [6.07, 6.45) is 0. The van der Waals surface area contributed by atoms with Crippen LogP contribution in [0.25, 0.3) is 0 Å². The van der Waals surface area contributed by atoms with Gasteiger partial charge in [0, 0.05) is 11.9 Å². The van der Waals surface area contributed by atoms with E-state index in [1.165, 1.54) is 0 Å². The third kappa shape index (κ3) is 2.37. The highest BCUT2D eigenvalue weighted by Gasteiger charge is 2.20. The molecule has 0 aliphatic carbocycles. The maximum Gasteiger partial charge on any atom is 0.365 e. The van der Waals surface area contributed by atoms with Crippen LogP contribution in [0, 0.1) is 0 Å². The molecule has 0 radical (unpaired) electrons. The fraction of sp³-hybridized carbons (Fsp3) is 0.444. The Morgan fingerprint density at radius 3 is 3.12 bits per heavy atom. The van der Waals surface area contributed by atoms with Crippen molar-refractivity contribution in [2.24, 2.45) is 0 Å². The molecule has 0 aromatic carbocycles. The Bertz CT molecular complexity index is 417. The van der Waals surface area contributed by atoms with Gasteiger partial charge in [-0.3, -0.25) is 4.79 Å². The first-order valence-corrected chi connectivity index (χ1v) is 5.58. The van der Waals surface area contributed by atoms with Crippen molar-refractivity contribution >= 4 is 23.2 Å². The number of nitrogens with zero attached hydrogens (tertiary/aromatic N) is 2. The van der Waals surface area contributed by atoms with Gasteiger partial charge in [-0.15, -0.1) is 11.3 Å². The number of thiazole rings is 1. The summed E-state index contributed by atoms with van der Waals surface area (Å²) in [6.45, 7) is 1.49. The van der Waals surface area contributed by atoms with E-state index in [0.717, 1.165) is 11.3 Å². The van der Waals surface area contributed by atoms with Gasteiger partial charge in [-0.1, -0.05) is 0 Å². The fourth-order valence-electron chi connectivity index (χ4n) is 1.39. The van der Waals surface area contributed by atoms with Gasteiger partial charge in [-0.2, -0.15) is 0 Å². The highest BCUT2D eigenvalue weighted by Crippen LogP contribution is 2.12. The van der Waals surface area contributed by atoms with Gasteiger partial charge < -0.3 is 14.7 Å². The van der Waals surface area contributed by atoms with E-state index < -0.39 is 5.97 Å². The standard InChI is InChI=1S/C9H10N2O4S/c12-7-4-15-2-1-11(7)3-6-5-16-8(10-6)9(13)14/h5H,1-4H2,(H,13,14). The summed E-state index contributed by atoms with van der Waals surface area (Å²) in [5, 5.41) is 10.4. The topological polar surface area (TPSA) is 79.7 Å². The van der Waals surface area contributed by atoms with E-state index in [1.807, 2.05) is 0 Å². The third-order valence-corrected chi connectivity index (χ3v) is 3.05. The summed E-state index contributed by atoms with van der Waals surface area (Å²) in [5.41, 5.74) is 0.609. The molecule has 16 heavy (non-hydrogen) atoms. The molecule has 1 aliphatic heterocycles. The lowest BCUT2D eigenvalue weighted by atomic mass is 10.3. The third-order valence-electron chi connectivity index (χ3n) is 2.17. The van der Waals surface area contributed by atoms with E-state index in [-0.39, 0.29) is 17.5 Å². The zero-order valence-corrected chi connectivity index (χ0v) is 9.20. The smallest absolute Gasteiger partial charge is 0.365 e. The van der Waals surface area contributed by atoms with Gasteiger partial charge in [0.05, 0.1) is 18.8 Å². The largest absolute Gasteiger partial charge is 0.476 e. The first-order chi connectivity index (χ1) is 7.66. The Labute approximate surface area is 95.5 Å². The molecule has 0 bridgehead atoms. The summed E-state index contributed by atoms with van der Waals surface area (Å²) in [7, 11) is 0. The molecule has 6 nitrogen and oxygen atoms in total. The molecule has 2 heterocycles. The average molecular weight is 242 g/mol. The van der Waals surface area contributed by atoms with Crippen LogP contribution < -0.4 is 0 Å². The minimum Gasteiger partial charge on any atom is -0.476 e. The molecule has 86 valence electrons. The molecule has 1 fully saturated rings. The van der Waals surface area contributed by atoms with Crippen molar-refractivity contribution in [3.8, 4) is 0 Å². The average Bonchev–Trinajstić information content (AvgIpc) is 2.70. The maximum atomic E-state index is 11.4. The summed E-state index contributed by atoms with van der Waals surface area (Å²) in [6, 6.07) is 0. The molecule has 7 heteroatoms. The second-order valence-electron chi connectivity index (χ2n) is 3.32. The molecule has 2 rings (SSSR count). The molecule has 1 saturated heterocycles. The first-order valence-electron chi connectivity index (χ1n) is 4.70. The summed E-state index contributed by atoms with van der Waals surface area (Å²) in [4.78, 5) is 27.6. The predicted molar refractivity (Wildman–Crippen MR) is 55.3 cm³/mol. The lowest BCUT2D eigenvalue weighted by Crippen LogP contribution is -2.41. The zero-order valence-electron chi connectivity index (χ0n) is 8.38. The Morgan fingerprint density at radius 2 is 2.50 bits per heavy atom. The van der Waals surface area contributed by atoms with Gasteiger partial charge in [0.25, 0.3) is 0 Å². The van der Waals surface area contributed by atoms with Crippen molar-refractivity contribution in [2.45, 2.75) is 6.54 Å². The van der Waals surface area contributed by atoms with Crippen LogP contribution in [0.3, 0.4) is 0 Å². The number of carbonyl (C=O) groups is 2. The molecular formula is C9H10N2O4S. The van der Waals surface area contributed by atoms with Gasteiger partial charge in [0.15, 0.2) is 0 Å². The second-order valence-corrected chi connectivity index (χ2v) is 4.18. The van der Waals surface area contributed by atoms with Crippen LogP contribution in [0.15, 0.2) is 5.38 Å². The minimum atomic E-state index is -1.04. The molecule has 0 spiro atoms. The zero-order chi connectivity index (χ0) is 11.5. The van der Waals surface area contributed by atoms with Crippen LogP contribution >= 0.6 is 11.3 Å². The van der Waals surface area contributed by atoms with Crippen molar-refractivity contribution in [3.63, 3.8) is 0 Å². The van der Waals surface area contributed by atoms with E-state index in [4.69, 9.17) is 9.84 Å². The number of amides is 1. The van der Waals surface area contributed by atoms with Crippen molar-refractivity contribution in [1.82, 2.24) is 9.88 Å². The predicted octanol–water partition coefficient (Wildman–Crippen LogP) is 0.200. The van der Waals surface area contributed by atoms with E-state index in [2.05, 4.69) is 4.98 Å². The number of aromatic nitrogens is 1. The number of aromatic carboxylic acids is 1.